The molecule has 0 aromatic heterocycles. The second kappa shape index (κ2) is 9.42. The topological polar surface area (TPSA) is 67.4 Å². The first-order valence-electron chi connectivity index (χ1n) is 8.57. The molecule has 136 valence electrons. The molecule has 0 radical (unpaired) electrons. The number of benzene rings is 2. The number of nitrogens with one attached hydrogen (secondary N) is 2. The Labute approximate surface area is 154 Å². The Bertz CT molecular complexity index is 799. The van der Waals surface area contributed by atoms with Crippen LogP contribution in [0, 0.1) is 0 Å². The standard InChI is InChI=1S/C21H24N2O3/c1-4-12-22-21(25)18-10-5-6-11-19(18)23-20(24)16-8-7-9-17(13-16)26-14-15(2)3/h5-11,13H,2,4,12,14H2,1,3H3,(H,22,25)(H,23,24). The molecule has 0 spiro atoms. The molecule has 2 rings (SSSR count). The Kier molecular flexibility index (Phi) is 6.97. The number of hydrogen-bond acceptors (Lipinski definition) is 3. The van der Waals surface area contributed by atoms with Gasteiger partial charge in [-0.3, -0.25) is 9.59 Å². The van der Waals surface area contributed by atoms with Gasteiger partial charge in [0, 0.05) is 12.1 Å². The largest absolute Gasteiger partial charge is 0.489 e. The second-order valence-corrected chi connectivity index (χ2v) is 6.03. The Balaban J connectivity index is 2.14. The van der Waals surface area contributed by atoms with Crippen LogP contribution in [0.4, 0.5) is 5.69 Å². The van der Waals surface area contributed by atoms with Gasteiger partial charge in [-0.25, -0.2) is 0 Å². The van der Waals surface area contributed by atoms with Gasteiger partial charge in [0.05, 0.1) is 11.3 Å². The van der Waals surface area contributed by atoms with Crippen LogP contribution in [-0.4, -0.2) is 25.0 Å². The van der Waals surface area contributed by atoms with Crippen LogP contribution in [0.2, 0.25) is 0 Å². The summed E-state index contributed by atoms with van der Waals surface area (Å²) in [7, 11) is 0. The van der Waals surface area contributed by atoms with E-state index >= 15 is 0 Å². The summed E-state index contributed by atoms with van der Waals surface area (Å²) in [5.41, 5.74) is 2.25. The zero-order valence-electron chi connectivity index (χ0n) is 15.2. The molecule has 0 fully saturated rings. The van der Waals surface area contributed by atoms with Gasteiger partial charge in [-0.05, 0) is 49.2 Å². The van der Waals surface area contributed by atoms with Crippen LogP contribution in [0.25, 0.3) is 0 Å². The number of ether oxygens (including phenoxy) is 1. The van der Waals surface area contributed by atoms with E-state index in [2.05, 4.69) is 17.2 Å². The number of anilines is 1. The highest BCUT2D eigenvalue weighted by molar-refractivity contribution is 6.09. The molecule has 0 saturated carbocycles. The molecule has 0 heterocycles. The second-order valence-electron chi connectivity index (χ2n) is 6.03. The maximum absolute atomic E-state index is 12.6. The lowest BCUT2D eigenvalue weighted by molar-refractivity contribution is 0.0954. The Morgan fingerprint density at radius 3 is 2.58 bits per heavy atom. The van der Waals surface area contributed by atoms with Crippen molar-refractivity contribution in [2.75, 3.05) is 18.5 Å². The molecule has 0 aliphatic heterocycles. The predicted octanol–water partition coefficient (Wildman–Crippen LogP) is 4.03. The molecule has 0 bridgehead atoms. The van der Waals surface area contributed by atoms with Gasteiger partial charge in [0.2, 0.25) is 0 Å². The number of carbonyl (C=O) groups excluding carboxylic acids is 2. The highest BCUT2D eigenvalue weighted by Crippen LogP contribution is 2.19. The molecule has 2 aromatic rings. The van der Waals surface area contributed by atoms with Gasteiger partial charge >= 0.3 is 0 Å². The van der Waals surface area contributed by atoms with Crippen LogP contribution in [0.1, 0.15) is 41.0 Å². The highest BCUT2D eigenvalue weighted by Gasteiger charge is 2.14. The fourth-order valence-electron chi connectivity index (χ4n) is 2.25. The highest BCUT2D eigenvalue weighted by atomic mass is 16.5. The summed E-state index contributed by atoms with van der Waals surface area (Å²) in [6.45, 7) is 8.62. The van der Waals surface area contributed by atoms with Crippen molar-refractivity contribution in [3.63, 3.8) is 0 Å². The monoisotopic (exact) mass is 352 g/mol. The van der Waals surface area contributed by atoms with Crippen molar-refractivity contribution in [3.8, 4) is 5.75 Å². The van der Waals surface area contributed by atoms with E-state index in [0.717, 1.165) is 12.0 Å². The molecule has 26 heavy (non-hydrogen) atoms. The third-order valence-corrected chi connectivity index (χ3v) is 3.54. The van der Waals surface area contributed by atoms with Gasteiger partial charge in [0.1, 0.15) is 12.4 Å². The Morgan fingerprint density at radius 1 is 1.08 bits per heavy atom. The van der Waals surface area contributed by atoms with Crippen molar-refractivity contribution in [3.05, 3.63) is 71.8 Å². The smallest absolute Gasteiger partial charge is 0.255 e. The van der Waals surface area contributed by atoms with Crippen molar-refractivity contribution < 1.29 is 14.3 Å². The lowest BCUT2D eigenvalue weighted by atomic mass is 10.1. The molecule has 5 heteroatoms. The molecule has 0 aliphatic carbocycles. The maximum atomic E-state index is 12.6. The first kappa shape index (κ1) is 19.2. The van der Waals surface area contributed by atoms with Crippen LogP contribution in [0.3, 0.4) is 0 Å². The quantitative estimate of drug-likeness (QED) is 0.705. The number of para-hydroxylation sites is 1. The van der Waals surface area contributed by atoms with E-state index in [1.165, 1.54) is 0 Å². The molecule has 0 unspecified atom stereocenters. The molecule has 0 saturated heterocycles. The van der Waals surface area contributed by atoms with Crippen LogP contribution < -0.4 is 15.4 Å². The fraction of sp³-hybridized carbons (Fsp3) is 0.238. The van der Waals surface area contributed by atoms with E-state index in [1.807, 2.05) is 13.8 Å². The van der Waals surface area contributed by atoms with E-state index in [1.54, 1.807) is 48.5 Å². The van der Waals surface area contributed by atoms with Crippen LogP contribution in [0.15, 0.2) is 60.7 Å². The van der Waals surface area contributed by atoms with Gasteiger partial charge in [-0.2, -0.15) is 0 Å². The van der Waals surface area contributed by atoms with Crippen molar-refractivity contribution in [1.82, 2.24) is 5.32 Å². The third-order valence-electron chi connectivity index (χ3n) is 3.54. The van der Waals surface area contributed by atoms with Gasteiger partial charge < -0.3 is 15.4 Å². The van der Waals surface area contributed by atoms with Crippen molar-refractivity contribution in [2.45, 2.75) is 20.3 Å². The van der Waals surface area contributed by atoms with Gasteiger partial charge in [-0.15, -0.1) is 0 Å². The van der Waals surface area contributed by atoms with Crippen LogP contribution in [-0.2, 0) is 0 Å². The zero-order valence-corrected chi connectivity index (χ0v) is 15.2. The fourth-order valence-corrected chi connectivity index (χ4v) is 2.25. The first-order valence-corrected chi connectivity index (χ1v) is 8.57. The van der Waals surface area contributed by atoms with E-state index < -0.39 is 0 Å². The van der Waals surface area contributed by atoms with Gasteiger partial charge in [-0.1, -0.05) is 31.7 Å². The summed E-state index contributed by atoms with van der Waals surface area (Å²) in [5.74, 6) is 0.0810. The Morgan fingerprint density at radius 2 is 1.85 bits per heavy atom. The van der Waals surface area contributed by atoms with E-state index in [-0.39, 0.29) is 11.8 Å². The summed E-state index contributed by atoms with van der Waals surface area (Å²) in [4.78, 5) is 24.8. The van der Waals surface area contributed by atoms with E-state index in [4.69, 9.17) is 4.74 Å². The minimum absolute atomic E-state index is 0.207. The summed E-state index contributed by atoms with van der Waals surface area (Å²) in [6, 6.07) is 13.8. The lowest BCUT2D eigenvalue weighted by Crippen LogP contribution is -2.25. The number of hydrogen-bond donors (Lipinski definition) is 2. The minimum Gasteiger partial charge on any atom is -0.489 e. The zero-order chi connectivity index (χ0) is 18.9. The number of carbonyl (C=O) groups is 2. The average Bonchev–Trinajstić information content (AvgIpc) is 2.65. The number of amides is 2. The molecule has 5 nitrogen and oxygen atoms in total. The molecular formula is C21H24N2O3. The predicted molar refractivity (Wildman–Crippen MR) is 104 cm³/mol. The summed E-state index contributed by atoms with van der Waals surface area (Å²) >= 11 is 0. The molecule has 2 N–H and O–H groups in total. The molecule has 2 aromatic carbocycles. The van der Waals surface area contributed by atoms with E-state index in [0.29, 0.717) is 35.7 Å². The third kappa shape index (κ3) is 5.48. The molecule has 0 atom stereocenters. The van der Waals surface area contributed by atoms with Gasteiger partial charge in [0.25, 0.3) is 11.8 Å². The minimum atomic E-state index is -0.304. The molecule has 2 amide bonds. The summed E-state index contributed by atoms with van der Waals surface area (Å²) in [5, 5.41) is 5.62. The molecule has 0 aliphatic rings. The normalized spacial score (nSPS) is 10.1. The van der Waals surface area contributed by atoms with Crippen molar-refractivity contribution in [1.29, 1.82) is 0 Å². The molecular weight excluding hydrogens is 328 g/mol. The number of rotatable bonds is 8. The van der Waals surface area contributed by atoms with E-state index in [9.17, 15) is 9.59 Å². The summed E-state index contributed by atoms with van der Waals surface area (Å²) < 4.78 is 5.57. The van der Waals surface area contributed by atoms with Crippen molar-refractivity contribution in [2.24, 2.45) is 0 Å². The van der Waals surface area contributed by atoms with Crippen LogP contribution in [0.5, 0.6) is 5.75 Å². The lowest BCUT2D eigenvalue weighted by Gasteiger charge is -2.12. The van der Waals surface area contributed by atoms with Crippen LogP contribution >= 0.6 is 0 Å². The SMILES string of the molecule is C=C(C)COc1cccc(C(=O)Nc2ccccc2C(=O)NCCC)c1. The van der Waals surface area contributed by atoms with Crippen molar-refractivity contribution >= 4 is 17.5 Å². The average molecular weight is 352 g/mol. The first-order chi connectivity index (χ1) is 12.5. The maximum Gasteiger partial charge on any atom is 0.255 e. The summed E-state index contributed by atoms with van der Waals surface area (Å²) in [6.07, 6.45) is 0.844. The Hall–Kier alpha value is -3.08. The van der Waals surface area contributed by atoms with Gasteiger partial charge in [0.15, 0.2) is 0 Å².